The highest BCUT2D eigenvalue weighted by Gasteiger charge is 2.22. The van der Waals surface area contributed by atoms with Crippen LogP contribution in [0.5, 0.6) is 5.75 Å². The van der Waals surface area contributed by atoms with Crippen molar-refractivity contribution < 1.29 is 4.74 Å². The van der Waals surface area contributed by atoms with Crippen LogP contribution >= 0.6 is 24.0 Å². The summed E-state index contributed by atoms with van der Waals surface area (Å²) in [7, 11) is 1.59. The predicted molar refractivity (Wildman–Crippen MR) is 145 cm³/mol. The number of hydrogen-bond donors (Lipinski definition) is 1. The van der Waals surface area contributed by atoms with Crippen LogP contribution in [-0.2, 0) is 6.54 Å². The molecule has 5 rings (SSSR count). The summed E-state index contributed by atoms with van der Waals surface area (Å²) < 4.78 is 5.23. The van der Waals surface area contributed by atoms with E-state index in [0.717, 1.165) is 54.2 Å². The molecular formula is C26H25Cl2N7O. The highest BCUT2D eigenvalue weighted by atomic mass is 35.5. The van der Waals surface area contributed by atoms with E-state index in [1.165, 1.54) is 0 Å². The van der Waals surface area contributed by atoms with Crippen LogP contribution in [0.4, 0.5) is 17.5 Å². The molecule has 0 unspecified atom stereocenters. The van der Waals surface area contributed by atoms with E-state index in [4.69, 9.17) is 16.3 Å². The molecule has 0 radical (unpaired) electrons. The molecule has 2 aromatic carbocycles. The summed E-state index contributed by atoms with van der Waals surface area (Å²) >= 11 is 6.27. The molecule has 1 N–H and O–H groups in total. The van der Waals surface area contributed by atoms with Gasteiger partial charge in [0.2, 0.25) is 0 Å². The second-order valence-electron chi connectivity index (χ2n) is 8.23. The monoisotopic (exact) mass is 521 g/mol. The Morgan fingerprint density at radius 3 is 2.50 bits per heavy atom. The molecule has 1 saturated heterocycles. The van der Waals surface area contributed by atoms with E-state index in [-0.39, 0.29) is 12.4 Å². The van der Waals surface area contributed by atoms with Crippen molar-refractivity contribution in [2.24, 2.45) is 0 Å². The lowest BCUT2D eigenvalue weighted by Gasteiger charge is -2.36. The fourth-order valence-corrected chi connectivity index (χ4v) is 4.55. The van der Waals surface area contributed by atoms with Crippen molar-refractivity contribution in [3.63, 3.8) is 0 Å². The Labute approximate surface area is 220 Å². The van der Waals surface area contributed by atoms with Gasteiger partial charge in [-0.25, -0.2) is 4.98 Å². The third kappa shape index (κ3) is 5.23. The maximum Gasteiger partial charge on any atom is 0.159 e. The molecule has 0 atom stereocenters. The van der Waals surface area contributed by atoms with Crippen molar-refractivity contribution in [2.45, 2.75) is 6.54 Å². The van der Waals surface area contributed by atoms with Crippen molar-refractivity contribution in [2.75, 3.05) is 48.4 Å². The molecule has 1 fully saturated rings. The van der Waals surface area contributed by atoms with Gasteiger partial charge >= 0.3 is 0 Å². The number of nitrogens with one attached hydrogen (secondary N) is 1. The first-order chi connectivity index (χ1) is 17.2. The molecule has 0 spiro atoms. The van der Waals surface area contributed by atoms with Gasteiger partial charge in [0.1, 0.15) is 11.6 Å². The highest BCUT2D eigenvalue weighted by molar-refractivity contribution is 6.32. The minimum atomic E-state index is 0. The number of ether oxygens (including phenoxy) is 1. The van der Waals surface area contributed by atoms with E-state index >= 15 is 0 Å². The molecule has 1 aliphatic rings. The third-order valence-electron chi connectivity index (χ3n) is 6.12. The van der Waals surface area contributed by atoms with Gasteiger partial charge in [0, 0.05) is 49.7 Å². The molecule has 2 aromatic heterocycles. The van der Waals surface area contributed by atoms with Crippen molar-refractivity contribution >= 4 is 52.2 Å². The second kappa shape index (κ2) is 11.3. The van der Waals surface area contributed by atoms with Gasteiger partial charge in [-0.1, -0.05) is 23.7 Å². The smallest absolute Gasteiger partial charge is 0.159 e. The second-order valence-corrected chi connectivity index (χ2v) is 8.64. The zero-order valence-electron chi connectivity index (χ0n) is 19.7. The van der Waals surface area contributed by atoms with Gasteiger partial charge in [0.15, 0.2) is 11.6 Å². The molecule has 4 aromatic rings. The Hall–Kier alpha value is -3.80. The van der Waals surface area contributed by atoms with Crippen LogP contribution in [0.15, 0.2) is 60.8 Å². The molecule has 0 bridgehead atoms. The lowest BCUT2D eigenvalue weighted by Crippen LogP contribution is -2.47. The Bertz CT molecular complexity index is 1390. The van der Waals surface area contributed by atoms with Crippen molar-refractivity contribution in [1.82, 2.24) is 15.2 Å². The number of nitriles is 1. The van der Waals surface area contributed by atoms with E-state index in [1.807, 2.05) is 60.8 Å². The van der Waals surface area contributed by atoms with Gasteiger partial charge in [-0.15, -0.1) is 22.6 Å². The summed E-state index contributed by atoms with van der Waals surface area (Å²) in [5.74, 6) is 3.06. The lowest BCUT2D eigenvalue weighted by molar-refractivity contribution is 0.415. The van der Waals surface area contributed by atoms with Gasteiger partial charge in [-0.2, -0.15) is 5.26 Å². The molecule has 10 heteroatoms. The molecule has 3 heterocycles. The number of rotatable bonds is 6. The Kier molecular flexibility index (Phi) is 7.93. The van der Waals surface area contributed by atoms with Crippen molar-refractivity contribution in [1.29, 1.82) is 5.26 Å². The van der Waals surface area contributed by atoms with Crippen LogP contribution in [0.25, 0.3) is 10.8 Å². The van der Waals surface area contributed by atoms with Gasteiger partial charge in [-0.05, 0) is 48.0 Å². The third-order valence-corrected chi connectivity index (χ3v) is 6.41. The average molecular weight is 522 g/mol. The number of hydrogen-bond acceptors (Lipinski definition) is 8. The molecule has 184 valence electrons. The van der Waals surface area contributed by atoms with Crippen LogP contribution in [0.1, 0.15) is 11.1 Å². The fourth-order valence-electron chi connectivity index (χ4n) is 4.27. The first-order valence-electron chi connectivity index (χ1n) is 11.3. The van der Waals surface area contributed by atoms with E-state index in [0.29, 0.717) is 28.7 Å². The topological polar surface area (TPSA) is 90.2 Å². The first-order valence-corrected chi connectivity index (χ1v) is 11.7. The summed E-state index contributed by atoms with van der Waals surface area (Å²) in [6.45, 7) is 3.80. The number of anilines is 3. The zero-order chi connectivity index (χ0) is 24.2. The Morgan fingerprint density at radius 1 is 1.00 bits per heavy atom. The van der Waals surface area contributed by atoms with Gasteiger partial charge in [-0.3, -0.25) is 0 Å². The Balaban J connectivity index is 0.00000304. The summed E-state index contributed by atoms with van der Waals surface area (Å²) in [4.78, 5) is 8.98. The summed E-state index contributed by atoms with van der Waals surface area (Å²) in [5, 5.41) is 24.3. The molecule has 0 aliphatic carbocycles. The zero-order valence-corrected chi connectivity index (χ0v) is 21.3. The predicted octanol–water partition coefficient (Wildman–Crippen LogP) is 4.92. The van der Waals surface area contributed by atoms with Crippen LogP contribution in [0.2, 0.25) is 5.02 Å². The summed E-state index contributed by atoms with van der Waals surface area (Å²) in [5.41, 5.74) is 1.56. The van der Waals surface area contributed by atoms with Crippen LogP contribution in [0.3, 0.4) is 0 Å². The van der Waals surface area contributed by atoms with E-state index < -0.39 is 0 Å². The number of aromatic nitrogens is 3. The molecule has 8 nitrogen and oxygen atoms in total. The van der Waals surface area contributed by atoms with Gasteiger partial charge < -0.3 is 19.9 Å². The molecular weight excluding hydrogens is 497 g/mol. The average Bonchev–Trinajstić information content (AvgIpc) is 2.92. The quantitative estimate of drug-likeness (QED) is 0.382. The number of methoxy groups -OCH3 is 1. The lowest BCUT2D eigenvalue weighted by atomic mass is 10.1. The maximum absolute atomic E-state index is 9.48. The highest BCUT2D eigenvalue weighted by Crippen LogP contribution is 2.31. The molecule has 0 amide bonds. The first kappa shape index (κ1) is 25.3. The van der Waals surface area contributed by atoms with E-state index in [9.17, 15) is 5.26 Å². The fraction of sp³-hybridized carbons (Fsp3) is 0.231. The van der Waals surface area contributed by atoms with Crippen molar-refractivity contribution in [3.8, 4) is 11.8 Å². The SMILES string of the molecule is COc1ccc(CNc2nnc(N3CCN(c4ccccn4)CC3)c3ccc(C#N)cc23)cc1Cl.Cl. The molecule has 0 saturated carbocycles. The number of pyridine rings is 1. The number of piperazine rings is 1. The molecule has 36 heavy (non-hydrogen) atoms. The largest absolute Gasteiger partial charge is 0.495 e. The maximum atomic E-state index is 9.48. The van der Waals surface area contributed by atoms with Gasteiger partial charge in [0.25, 0.3) is 0 Å². The van der Waals surface area contributed by atoms with Crippen LogP contribution < -0.4 is 19.9 Å². The van der Waals surface area contributed by atoms with E-state index in [1.54, 1.807) is 7.11 Å². The normalized spacial score (nSPS) is 13.1. The summed E-state index contributed by atoms with van der Waals surface area (Å²) in [6.07, 6.45) is 1.82. The number of halogens is 2. The minimum absolute atomic E-state index is 0. The number of benzene rings is 2. The Morgan fingerprint density at radius 2 is 1.81 bits per heavy atom. The van der Waals surface area contributed by atoms with Crippen LogP contribution in [0, 0.1) is 11.3 Å². The van der Waals surface area contributed by atoms with E-state index in [2.05, 4.69) is 36.4 Å². The molecule has 1 aliphatic heterocycles. The number of fused-ring (bicyclic) bond motifs is 1. The standard InChI is InChI=1S/C26H24ClN7O.ClH/c1-35-23-8-6-19(15-22(23)27)17-30-25-21-14-18(16-28)5-7-20(21)26(32-31-25)34-12-10-33(11-13-34)24-4-2-3-9-29-24;/h2-9,14-15H,10-13,17H2,1H3,(H,30,31);1H. The van der Waals surface area contributed by atoms with Crippen LogP contribution in [-0.4, -0.2) is 48.5 Å². The van der Waals surface area contributed by atoms with Crippen molar-refractivity contribution in [3.05, 3.63) is 76.9 Å². The number of nitrogens with zero attached hydrogens (tertiary/aromatic N) is 6. The van der Waals surface area contributed by atoms with Gasteiger partial charge in [0.05, 0.1) is 23.8 Å². The minimum Gasteiger partial charge on any atom is -0.495 e. The summed E-state index contributed by atoms with van der Waals surface area (Å²) in [6, 6.07) is 19.5.